The number of rotatable bonds is 5. The summed E-state index contributed by atoms with van der Waals surface area (Å²) < 4.78 is 0. The Labute approximate surface area is 89.1 Å². The molecule has 0 amide bonds. The van der Waals surface area contributed by atoms with E-state index >= 15 is 0 Å². The van der Waals surface area contributed by atoms with E-state index in [0.717, 1.165) is 12.1 Å². The van der Waals surface area contributed by atoms with Crippen LogP contribution in [0.2, 0.25) is 0 Å². The van der Waals surface area contributed by atoms with Gasteiger partial charge in [0.25, 0.3) is 0 Å². The quantitative estimate of drug-likeness (QED) is 0.729. The molecule has 1 fully saturated rings. The second-order valence-electron chi connectivity index (χ2n) is 4.28. The fourth-order valence-electron chi connectivity index (χ4n) is 2.71. The number of hydrogen-bond donors (Lipinski definition) is 1. The lowest BCUT2D eigenvalue weighted by atomic mass is 10.0. The van der Waals surface area contributed by atoms with Crippen molar-refractivity contribution >= 4 is 0 Å². The molecule has 0 saturated carbocycles. The van der Waals surface area contributed by atoms with E-state index in [0.29, 0.717) is 0 Å². The SMILES string of the molecule is CCC(CC)N(CC)C1CCNCC1. The van der Waals surface area contributed by atoms with Crippen molar-refractivity contribution < 1.29 is 0 Å². The Morgan fingerprint density at radius 1 is 1.14 bits per heavy atom. The van der Waals surface area contributed by atoms with E-state index in [1.54, 1.807) is 0 Å². The summed E-state index contributed by atoms with van der Waals surface area (Å²) in [7, 11) is 0. The Hall–Kier alpha value is -0.0800. The second kappa shape index (κ2) is 6.41. The Bertz CT molecular complexity index is 137. The van der Waals surface area contributed by atoms with Gasteiger partial charge in [-0.15, -0.1) is 0 Å². The molecule has 84 valence electrons. The van der Waals surface area contributed by atoms with Crippen molar-refractivity contribution in [3.63, 3.8) is 0 Å². The van der Waals surface area contributed by atoms with Crippen LogP contribution in [0.4, 0.5) is 0 Å². The first-order chi connectivity index (χ1) is 6.83. The summed E-state index contributed by atoms with van der Waals surface area (Å²) in [5, 5.41) is 3.44. The Balaban J connectivity index is 2.49. The lowest BCUT2D eigenvalue weighted by molar-refractivity contribution is 0.109. The maximum absolute atomic E-state index is 3.44. The Morgan fingerprint density at radius 3 is 2.14 bits per heavy atom. The number of hydrogen-bond acceptors (Lipinski definition) is 2. The van der Waals surface area contributed by atoms with Crippen molar-refractivity contribution in [2.75, 3.05) is 19.6 Å². The Morgan fingerprint density at radius 2 is 1.71 bits per heavy atom. The van der Waals surface area contributed by atoms with Gasteiger partial charge in [-0.1, -0.05) is 20.8 Å². The average molecular weight is 198 g/mol. The topological polar surface area (TPSA) is 15.3 Å². The molecule has 1 saturated heterocycles. The first-order valence-electron chi connectivity index (χ1n) is 6.29. The average Bonchev–Trinajstić information content (AvgIpc) is 2.27. The van der Waals surface area contributed by atoms with E-state index in [2.05, 4.69) is 31.0 Å². The first-order valence-corrected chi connectivity index (χ1v) is 6.29. The summed E-state index contributed by atoms with van der Waals surface area (Å²) >= 11 is 0. The van der Waals surface area contributed by atoms with Crippen molar-refractivity contribution in [1.82, 2.24) is 10.2 Å². The molecule has 14 heavy (non-hydrogen) atoms. The normalized spacial score (nSPS) is 19.5. The van der Waals surface area contributed by atoms with Gasteiger partial charge < -0.3 is 5.32 Å². The van der Waals surface area contributed by atoms with E-state index < -0.39 is 0 Å². The van der Waals surface area contributed by atoms with E-state index in [1.165, 1.54) is 45.3 Å². The molecule has 0 aliphatic carbocycles. The van der Waals surface area contributed by atoms with Gasteiger partial charge in [-0.3, -0.25) is 4.90 Å². The molecule has 0 aromatic carbocycles. The predicted octanol–water partition coefficient (Wildman–Crippen LogP) is 2.25. The van der Waals surface area contributed by atoms with Crippen molar-refractivity contribution in [2.45, 2.75) is 58.5 Å². The predicted molar refractivity (Wildman–Crippen MR) is 62.6 cm³/mol. The molecule has 0 atom stereocenters. The maximum atomic E-state index is 3.44. The summed E-state index contributed by atoms with van der Waals surface area (Å²) in [5.74, 6) is 0. The molecular formula is C12H26N2. The van der Waals surface area contributed by atoms with Crippen molar-refractivity contribution in [1.29, 1.82) is 0 Å². The van der Waals surface area contributed by atoms with Crippen LogP contribution in [0.3, 0.4) is 0 Å². The van der Waals surface area contributed by atoms with Crippen molar-refractivity contribution in [3.05, 3.63) is 0 Å². The molecule has 2 heteroatoms. The number of nitrogens with zero attached hydrogens (tertiary/aromatic N) is 1. The highest BCUT2D eigenvalue weighted by Crippen LogP contribution is 2.18. The minimum atomic E-state index is 0.808. The molecule has 0 radical (unpaired) electrons. The third-order valence-electron chi connectivity index (χ3n) is 3.55. The van der Waals surface area contributed by atoms with Gasteiger partial charge in [0.1, 0.15) is 0 Å². The highest BCUT2D eigenvalue weighted by molar-refractivity contribution is 4.81. The molecular weight excluding hydrogens is 172 g/mol. The molecule has 0 aromatic rings. The lowest BCUT2D eigenvalue weighted by Gasteiger charge is -2.39. The van der Waals surface area contributed by atoms with Gasteiger partial charge in [-0.2, -0.15) is 0 Å². The van der Waals surface area contributed by atoms with Gasteiger partial charge in [-0.05, 0) is 45.3 Å². The van der Waals surface area contributed by atoms with Crippen LogP contribution in [-0.2, 0) is 0 Å². The highest BCUT2D eigenvalue weighted by atomic mass is 15.2. The summed E-state index contributed by atoms with van der Waals surface area (Å²) in [6.07, 6.45) is 5.28. The summed E-state index contributed by atoms with van der Waals surface area (Å²) in [5.41, 5.74) is 0. The molecule has 0 bridgehead atoms. The fraction of sp³-hybridized carbons (Fsp3) is 1.00. The fourth-order valence-corrected chi connectivity index (χ4v) is 2.71. The van der Waals surface area contributed by atoms with Crippen LogP contribution >= 0.6 is 0 Å². The van der Waals surface area contributed by atoms with E-state index in [-0.39, 0.29) is 0 Å². The number of nitrogens with one attached hydrogen (secondary N) is 1. The van der Waals surface area contributed by atoms with E-state index in [1.807, 2.05) is 0 Å². The van der Waals surface area contributed by atoms with Gasteiger partial charge in [-0.25, -0.2) is 0 Å². The highest BCUT2D eigenvalue weighted by Gasteiger charge is 2.23. The van der Waals surface area contributed by atoms with Crippen LogP contribution in [0.1, 0.15) is 46.5 Å². The molecule has 1 heterocycles. The molecule has 1 aliphatic heterocycles. The largest absolute Gasteiger partial charge is 0.317 e. The minimum Gasteiger partial charge on any atom is -0.317 e. The minimum absolute atomic E-state index is 0.808. The lowest BCUT2D eigenvalue weighted by Crippen LogP contribution is -2.47. The zero-order chi connectivity index (χ0) is 10.4. The molecule has 0 unspecified atom stereocenters. The van der Waals surface area contributed by atoms with Gasteiger partial charge in [0.05, 0.1) is 0 Å². The van der Waals surface area contributed by atoms with Crippen LogP contribution < -0.4 is 5.32 Å². The second-order valence-corrected chi connectivity index (χ2v) is 4.28. The van der Waals surface area contributed by atoms with Gasteiger partial charge in [0.2, 0.25) is 0 Å². The van der Waals surface area contributed by atoms with E-state index in [9.17, 15) is 0 Å². The molecule has 2 nitrogen and oxygen atoms in total. The van der Waals surface area contributed by atoms with Gasteiger partial charge in [0, 0.05) is 12.1 Å². The van der Waals surface area contributed by atoms with Gasteiger partial charge >= 0.3 is 0 Å². The standard InChI is InChI=1S/C12H26N2/c1-4-11(5-2)14(6-3)12-7-9-13-10-8-12/h11-13H,4-10H2,1-3H3. The number of piperidine rings is 1. The van der Waals surface area contributed by atoms with Crippen LogP contribution in [0.5, 0.6) is 0 Å². The van der Waals surface area contributed by atoms with Crippen LogP contribution in [0.25, 0.3) is 0 Å². The summed E-state index contributed by atoms with van der Waals surface area (Å²) in [6, 6.07) is 1.65. The smallest absolute Gasteiger partial charge is 0.0122 e. The zero-order valence-electron chi connectivity index (χ0n) is 10.1. The monoisotopic (exact) mass is 198 g/mol. The Kier molecular flexibility index (Phi) is 5.49. The molecule has 1 N–H and O–H groups in total. The summed E-state index contributed by atoms with van der Waals surface area (Å²) in [4.78, 5) is 2.72. The van der Waals surface area contributed by atoms with Gasteiger partial charge in [0.15, 0.2) is 0 Å². The third-order valence-corrected chi connectivity index (χ3v) is 3.55. The first kappa shape index (κ1) is 12.0. The molecule has 1 rings (SSSR count). The maximum Gasteiger partial charge on any atom is 0.0122 e. The van der Waals surface area contributed by atoms with E-state index in [4.69, 9.17) is 0 Å². The van der Waals surface area contributed by atoms with Crippen molar-refractivity contribution in [2.24, 2.45) is 0 Å². The molecule has 1 aliphatic rings. The van der Waals surface area contributed by atoms with Crippen LogP contribution in [0, 0.1) is 0 Å². The summed E-state index contributed by atoms with van der Waals surface area (Å²) in [6.45, 7) is 10.6. The zero-order valence-corrected chi connectivity index (χ0v) is 10.1. The molecule has 0 aromatic heterocycles. The van der Waals surface area contributed by atoms with Crippen molar-refractivity contribution in [3.8, 4) is 0 Å². The third kappa shape index (κ3) is 2.96. The van der Waals surface area contributed by atoms with Crippen LogP contribution in [0.15, 0.2) is 0 Å². The van der Waals surface area contributed by atoms with Crippen LogP contribution in [-0.4, -0.2) is 36.6 Å². The molecule has 0 spiro atoms.